The van der Waals surface area contributed by atoms with E-state index in [2.05, 4.69) is 0 Å². The van der Waals surface area contributed by atoms with Crippen molar-refractivity contribution in [3.8, 4) is 0 Å². The Labute approximate surface area is 76.2 Å². The van der Waals surface area contributed by atoms with Crippen molar-refractivity contribution in [2.75, 3.05) is 19.0 Å². The Bertz CT molecular complexity index is 294. The lowest BCUT2D eigenvalue weighted by atomic mass is 10.5. The Hall–Kier alpha value is 0.0200. The Balaban J connectivity index is 3.87. The first-order valence-electron chi connectivity index (χ1n) is 3.32. The molecule has 0 amide bonds. The molecule has 0 rings (SSSR count). The summed E-state index contributed by atoms with van der Waals surface area (Å²) in [6, 6.07) is 0. The molecule has 13 heavy (non-hydrogen) atoms. The highest BCUT2D eigenvalue weighted by Crippen LogP contribution is 2.34. The van der Waals surface area contributed by atoms with Crippen LogP contribution in [0.4, 0.5) is 0 Å². The van der Waals surface area contributed by atoms with Gasteiger partial charge < -0.3 is 15.0 Å². The van der Waals surface area contributed by atoms with E-state index in [9.17, 15) is 18.2 Å². The van der Waals surface area contributed by atoms with Crippen LogP contribution < -0.4 is 0 Å². The van der Waals surface area contributed by atoms with Crippen LogP contribution in [-0.2, 0) is 14.6 Å². The van der Waals surface area contributed by atoms with Gasteiger partial charge in [-0.3, -0.25) is 9.03 Å². The van der Waals surface area contributed by atoms with Crippen LogP contribution in [-0.4, -0.2) is 41.6 Å². The van der Waals surface area contributed by atoms with Crippen LogP contribution >= 0.6 is 7.60 Å². The van der Waals surface area contributed by atoms with Gasteiger partial charge >= 0.3 is 7.60 Å². The summed E-state index contributed by atoms with van der Waals surface area (Å²) in [7, 11) is -7.93. The van der Waals surface area contributed by atoms with Crippen LogP contribution in [0.2, 0.25) is 0 Å². The van der Waals surface area contributed by atoms with Crippen molar-refractivity contribution in [3.05, 3.63) is 5.21 Å². The summed E-state index contributed by atoms with van der Waals surface area (Å²) in [5, 5.41) is 10.6. The van der Waals surface area contributed by atoms with E-state index in [1.165, 1.54) is 0 Å². The van der Waals surface area contributed by atoms with Gasteiger partial charge in [-0.1, -0.05) is 0 Å². The van der Waals surface area contributed by atoms with Crippen LogP contribution in [0.25, 0.3) is 0 Å². The van der Waals surface area contributed by atoms with E-state index in [4.69, 9.17) is 9.79 Å². The first-order chi connectivity index (χ1) is 5.63. The lowest BCUT2D eigenvalue weighted by Gasteiger charge is -2.24. The highest BCUT2D eigenvalue weighted by atomic mass is 32.2. The van der Waals surface area contributed by atoms with Gasteiger partial charge in [-0.05, 0) is 6.42 Å². The van der Waals surface area contributed by atoms with Gasteiger partial charge in [-0.2, -0.15) is 0 Å². The number of nitrogens with zero attached hydrogens (tertiary/aromatic N) is 1. The minimum atomic E-state index is -4.13. The summed E-state index contributed by atoms with van der Waals surface area (Å²) in [6.07, 6.45) is 0.0968. The monoisotopic (exact) mass is 232 g/mol. The summed E-state index contributed by atoms with van der Waals surface area (Å²) < 4.78 is 31.1. The van der Waals surface area contributed by atoms with E-state index in [0.717, 1.165) is 6.26 Å². The average molecular weight is 232 g/mol. The summed E-state index contributed by atoms with van der Waals surface area (Å²) in [5.74, 6) is 0. The van der Waals surface area contributed by atoms with E-state index in [1.807, 2.05) is 0 Å². The van der Waals surface area contributed by atoms with E-state index in [0.29, 0.717) is 0 Å². The van der Waals surface area contributed by atoms with Crippen molar-refractivity contribution < 1.29 is 22.8 Å². The lowest BCUT2D eigenvalue weighted by molar-refractivity contribution is 0.369. The number of hydrogen-bond donors (Lipinski definition) is 2. The van der Waals surface area contributed by atoms with Gasteiger partial charge in [0.05, 0.1) is 12.4 Å². The first kappa shape index (κ1) is 13.0. The first-order valence-corrected chi connectivity index (χ1v) is 6.97. The molecule has 0 spiro atoms. The molecule has 2 N–H and O–H groups in total. The van der Waals surface area contributed by atoms with Crippen LogP contribution in [0.1, 0.15) is 6.42 Å². The van der Waals surface area contributed by atoms with Gasteiger partial charge in [0, 0.05) is 6.54 Å². The molecule has 0 aromatic rings. The van der Waals surface area contributed by atoms with E-state index >= 15 is 0 Å². The minimum absolute atomic E-state index is 0.152. The summed E-state index contributed by atoms with van der Waals surface area (Å²) in [5.41, 5.74) is 0. The maximum atomic E-state index is 10.6. The zero-order chi connectivity index (χ0) is 10.7. The maximum Gasteiger partial charge on any atom is 0.325 e. The Morgan fingerprint density at radius 2 is 1.92 bits per heavy atom. The van der Waals surface area contributed by atoms with Crippen molar-refractivity contribution in [3.63, 3.8) is 0 Å². The second kappa shape index (κ2) is 4.50. The van der Waals surface area contributed by atoms with Gasteiger partial charge in [0.1, 0.15) is 0 Å². The molecule has 0 aliphatic heterocycles. The molecule has 0 saturated carbocycles. The van der Waals surface area contributed by atoms with Crippen molar-refractivity contribution >= 4 is 17.6 Å². The van der Waals surface area contributed by atoms with Gasteiger partial charge in [0.2, 0.25) is 0 Å². The van der Waals surface area contributed by atoms with Crippen LogP contribution in [0, 0.1) is 5.21 Å². The molecular formula is C4H11NO6PS-. The highest BCUT2D eigenvalue weighted by molar-refractivity contribution is 7.88. The molecule has 9 heteroatoms. The standard InChI is InChI=1S/C4H11NO6PS/c1-13(10,11)5(6)3-2-4-12(7,8)9/h2-4H2,1H3,(H2,7,8,9)/q-1. The van der Waals surface area contributed by atoms with E-state index in [-0.39, 0.29) is 10.9 Å². The predicted molar refractivity (Wildman–Crippen MR) is 46.4 cm³/mol. The molecule has 0 aliphatic rings. The third kappa shape index (κ3) is 7.12. The normalized spacial score (nSPS) is 13.6. The molecular weight excluding hydrogens is 221 g/mol. The van der Waals surface area contributed by atoms with Crippen LogP contribution in [0.3, 0.4) is 0 Å². The zero-order valence-corrected chi connectivity index (χ0v) is 8.66. The average Bonchev–Trinajstić information content (AvgIpc) is 1.82. The van der Waals surface area contributed by atoms with Crippen molar-refractivity contribution in [2.45, 2.75) is 6.42 Å². The second-order valence-electron chi connectivity index (χ2n) is 2.53. The van der Waals surface area contributed by atoms with Gasteiger partial charge in [-0.15, -0.1) is 0 Å². The third-order valence-electron chi connectivity index (χ3n) is 1.16. The van der Waals surface area contributed by atoms with Gasteiger partial charge in [0.15, 0.2) is 10.0 Å². The highest BCUT2D eigenvalue weighted by Gasteiger charge is 2.13. The van der Waals surface area contributed by atoms with E-state index < -0.39 is 30.3 Å². The van der Waals surface area contributed by atoms with Crippen molar-refractivity contribution in [2.24, 2.45) is 0 Å². The molecule has 80 valence electrons. The largest absolute Gasteiger partial charge is 0.772 e. The Kier molecular flexibility index (Phi) is 4.50. The number of hydroxylamine groups is 1. The fourth-order valence-electron chi connectivity index (χ4n) is 0.572. The van der Waals surface area contributed by atoms with Crippen LogP contribution in [0.15, 0.2) is 0 Å². The molecule has 0 aromatic heterocycles. The molecule has 0 saturated heterocycles. The fourth-order valence-corrected chi connectivity index (χ4v) is 1.59. The molecule has 0 radical (unpaired) electrons. The number of hydrogen-bond acceptors (Lipinski definition) is 4. The number of rotatable bonds is 5. The Morgan fingerprint density at radius 3 is 2.23 bits per heavy atom. The van der Waals surface area contributed by atoms with Gasteiger partial charge in [0.25, 0.3) is 0 Å². The molecule has 0 aromatic carbocycles. The quantitative estimate of drug-likeness (QED) is 0.478. The van der Waals surface area contributed by atoms with E-state index in [1.54, 1.807) is 0 Å². The minimum Gasteiger partial charge on any atom is -0.772 e. The lowest BCUT2D eigenvalue weighted by Crippen LogP contribution is -2.25. The summed E-state index contributed by atoms with van der Waals surface area (Å²) in [6.45, 7) is -0.427. The van der Waals surface area contributed by atoms with Crippen LogP contribution in [0.5, 0.6) is 0 Å². The van der Waals surface area contributed by atoms with Crippen molar-refractivity contribution in [1.29, 1.82) is 0 Å². The topological polar surface area (TPSA) is 118 Å². The molecule has 7 nitrogen and oxygen atoms in total. The fraction of sp³-hybridized carbons (Fsp3) is 1.00. The summed E-state index contributed by atoms with van der Waals surface area (Å²) >= 11 is 0. The molecule has 0 bridgehead atoms. The summed E-state index contributed by atoms with van der Waals surface area (Å²) in [4.78, 5) is 16.7. The smallest absolute Gasteiger partial charge is 0.325 e. The molecule has 0 heterocycles. The molecule has 0 unspecified atom stereocenters. The molecule has 0 aliphatic carbocycles. The SMILES string of the molecule is CS(=O)(=O)N([O-])CCCP(=O)(O)O. The second-order valence-corrected chi connectivity index (χ2v) is 6.18. The number of sulfonamides is 1. The zero-order valence-electron chi connectivity index (χ0n) is 6.95. The maximum absolute atomic E-state index is 10.6. The molecule has 0 atom stereocenters. The third-order valence-corrected chi connectivity index (χ3v) is 2.98. The predicted octanol–water partition coefficient (Wildman–Crippen LogP) is -0.686. The molecule has 0 fully saturated rings. The van der Waals surface area contributed by atoms with Crippen molar-refractivity contribution in [1.82, 2.24) is 4.47 Å². The van der Waals surface area contributed by atoms with Gasteiger partial charge in [-0.25, -0.2) is 8.42 Å². The Morgan fingerprint density at radius 1 is 1.46 bits per heavy atom.